The van der Waals surface area contributed by atoms with E-state index in [-0.39, 0.29) is 12.6 Å². The molecule has 6 heteroatoms. The highest BCUT2D eigenvalue weighted by atomic mass is 16.4. The minimum absolute atomic E-state index is 0.127. The van der Waals surface area contributed by atoms with Crippen molar-refractivity contribution in [2.45, 2.75) is 39.0 Å². The van der Waals surface area contributed by atoms with Gasteiger partial charge in [-0.15, -0.1) is 0 Å². The molecule has 120 valence electrons. The van der Waals surface area contributed by atoms with Gasteiger partial charge in [0.2, 0.25) is 0 Å². The molecule has 1 saturated carbocycles. The fraction of sp³-hybridized carbons (Fsp3) is 0.867. The fourth-order valence-corrected chi connectivity index (χ4v) is 3.19. The van der Waals surface area contributed by atoms with Crippen molar-refractivity contribution in [2.24, 2.45) is 11.3 Å². The van der Waals surface area contributed by atoms with Crippen molar-refractivity contribution >= 4 is 12.0 Å². The normalized spacial score (nSPS) is 30.5. The number of aliphatic carboxylic acids is 1. The van der Waals surface area contributed by atoms with Crippen LogP contribution in [0.1, 0.15) is 39.0 Å². The van der Waals surface area contributed by atoms with Crippen molar-refractivity contribution in [3.63, 3.8) is 0 Å². The van der Waals surface area contributed by atoms with E-state index in [0.29, 0.717) is 25.3 Å². The predicted molar refractivity (Wildman–Crippen MR) is 80.2 cm³/mol. The molecule has 6 nitrogen and oxygen atoms in total. The van der Waals surface area contributed by atoms with Gasteiger partial charge in [-0.25, -0.2) is 4.79 Å². The molecule has 0 radical (unpaired) electrons. The highest BCUT2D eigenvalue weighted by molar-refractivity contribution is 5.78. The van der Waals surface area contributed by atoms with Gasteiger partial charge in [0.25, 0.3) is 0 Å². The summed E-state index contributed by atoms with van der Waals surface area (Å²) in [5.74, 6) is -0.183. The van der Waals surface area contributed by atoms with Gasteiger partial charge in [-0.05, 0) is 44.6 Å². The summed E-state index contributed by atoms with van der Waals surface area (Å²) in [6, 6.07) is -0.127. The standard InChI is InChI=1S/C15H27N3O3/c1-12-3-5-15(6-4-12,13(19)20)11-17-14(21)18-9-2-7-16-8-10-18/h12,16H,2-11H2,1H3,(H,17,21)(H,19,20). The van der Waals surface area contributed by atoms with Gasteiger partial charge in [0.05, 0.1) is 5.41 Å². The number of hydrogen-bond donors (Lipinski definition) is 3. The van der Waals surface area contributed by atoms with Crippen molar-refractivity contribution in [1.29, 1.82) is 0 Å². The van der Waals surface area contributed by atoms with E-state index in [2.05, 4.69) is 17.6 Å². The van der Waals surface area contributed by atoms with Gasteiger partial charge in [-0.3, -0.25) is 4.79 Å². The molecule has 3 N–H and O–H groups in total. The molecule has 1 heterocycles. The molecule has 21 heavy (non-hydrogen) atoms. The first-order valence-electron chi connectivity index (χ1n) is 8.00. The first-order chi connectivity index (χ1) is 10.0. The molecular weight excluding hydrogens is 270 g/mol. The number of nitrogens with one attached hydrogen (secondary N) is 2. The van der Waals surface area contributed by atoms with Crippen LogP contribution in [0.3, 0.4) is 0 Å². The number of rotatable bonds is 3. The Morgan fingerprint density at radius 1 is 1.29 bits per heavy atom. The van der Waals surface area contributed by atoms with Crippen LogP contribution in [0.25, 0.3) is 0 Å². The van der Waals surface area contributed by atoms with Gasteiger partial charge in [0.1, 0.15) is 0 Å². The third-order valence-electron chi connectivity index (χ3n) is 4.89. The molecule has 2 fully saturated rings. The quantitative estimate of drug-likeness (QED) is 0.733. The van der Waals surface area contributed by atoms with Gasteiger partial charge < -0.3 is 20.6 Å². The van der Waals surface area contributed by atoms with Gasteiger partial charge in [0, 0.05) is 26.2 Å². The molecule has 2 rings (SSSR count). The number of carboxylic acids is 1. The van der Waals surface area contributed by atoms with Crippen molar-refractivity contribution in [3.8, 4) is 0 Å². The van der Waals surface area contributed by atoms with Crippen molar-refractivity contribution in [3.05, 3.63) is 0 Å². The molecule has 1 aliphatic heterocycles. The number of amides is 2. The third kappa shape index (κ3) is 4.09. The number of carbonyl (C=O) groups is 2. The zero-order chi connectivity index (χ0) is 15.3. The van der Waals surface area contributed by atoms with Gasteiger partial charge in [0.15, 0.2) is 0 Å². The number of carbonyl (C=O) groups excluding carboxylic acids is 1. The Kier molecular flexibility index (Phi) is 5.45. The molecule has 1 aliphatic carbocycles. The van der Waals surface area contributed by atoms with E-state index >= 15 is 0 Å². The molecule has 2 amide bonds. The van der Waals surface area contributed by atoms with Gasteiger partial charge in [-0.1, -0.05) is 6.92 Å². The lowest BCUT2D eigenvalue weighted by Gasteiger charge is -2.36. The summed E-state index contributed by atoms with van der Waals surface area (Å²) >= 11 is 0. The number of nitrogens with zero attached hydrogens (tertiary/aromatic N) is 1. The first-order valence-corrected chi connectivity index (χ1v) is 8.00. The minimum Gasteiger partial charge on any atom is -0.481 e. The van der Waals surface area contributed by atoms with Crippen LogP contribution in [-0.4, -0.2) is 54.7 Å². The van der Waals surface area contributed by atoms with E-state index < -0.39 is 11.4 Å². The predicted octanol–water partition coefficient (Wildman–Crippen LogP) is 1.27. The maximum absolute atomic E-state index is 12.2. The summed E-state index contributed by atoms with van der Waals surface area (Å²) in [6.45, 7) is 5.56. The highest BCUT2D eigenvalue weighted by Crippen LogP contribution is 2.38. The van der Waals surface area contributed by atoms with E-state index in [1.807, 2.05) is 0 Å². The van der Waals surface area contributed by atoms with E-state index in [4.69, 9.17) is 0 Å². The molecule has 0 spiro atoms. The molecular formula is C15H27N3O3. The first kappa shape index (κ1) is 16.1. The smallest absolute Gasteiger partial charge is 0.317 e. The Labute approximate surface area is 126 Å². The van der Waals surface area contributed by atoms with E-state index in [0.717, 1.165) is 38.9 Å². The molecule has 0 unspecified atom stereocenters. The third-order valence-corrected chi connectivity index (χ3v) is 4.89. The second-order valence-electron chi connectivity index (χ2n) is 6.52. The van der Waals surface area contributed by atoms with Gasteiger partial charge in [-0.2, -0.15) is 0 Å². The van der Waals surface area contributed by atoms with Crippen molar-refractivity contribution in [2.75, 3.05) is 32.7 Å². The Balaban J connectivity index is 1.89. The molecule has 2 aliphatic rings. The molecule has 0 aromatic rings. The second kappa shape index (κ2) is 7.11. The minimum atomic E-state index is -0.772. The van der Waals surface area contributed by atoms with Crippen LogP contribution in [0.4, 0.5) is 4.79 Å². The molecule has 0 aromatic heterocycles. The maximum Gasteiger partial charge on any atom is 0.317 e. The molecule has 0 aromatic carbocycles. The van der Waals surface area contributed by atoms with Crippen molar-refractivity contribution in [1.82, 2.24) is 15.5 Å². The van der Waals surface area contributed by atoms with Crippen LogP contribution >= 0.6 is 0 Å². The number of hydrogen-bond acceptors (Lipinski definition) is 3. The Morgan fingerprint density at radius 3 is 2.67 bits per heavy atom. The van der Waals surface area contributed by atoms with E-state index in [1.165, 1.54) is 0 Å². The topological polar surface area (TPSA) is 81.7 Å². The summed E-state index contributed by atoms with van der Waals surface area (Å²) < 4.78 is 0. The lowest BCUT2D eigenvalue weighted by molar-refractivity contribution is -0.151. The van der Waals surface area contributed by atoms with E-state index in [1.54, 1.807) is 4.90 Å². The monoisotopic (exact) mass is 297 g/mol. The summed E-state index contributed by atoms with van der Waals surface area (Å²) in [6.07, 6.45) is 4.11. The molecule has 0 bridgehead atoms. The average Bonchev–Trinajstić information content (AvgIpc) is 2.75. The lowest BCUT2D eigenvalue weighted by Crippen LogP contribution is -2.49. The second-order valence-corrected chi connectivity index (χ2v) is 6.52. The Morgan fingerprint density at radius 2 is 2.00 bits per heavy atom. The summed E-state index contributed by atoms with van der Waals surface area (Å²) in [5, 5.41) is 15.7. The van der Waals surface area contributed by atoms with E-state index in [9.17, 15) is 14.7 Å². The van der Waals surface area contributed by atoms with Crippen molar-refractivity contribution < 1.29 is 14.7 Å². The number of urea groups is 1. The van der Waals surface area contributed by atoms with Crippen LogP contribution in [0.15, 0.2) is 0 Å². The Bertz CT molecular complexity index is 370. The maximum atomic E-state index is 12.2. The average molecular weight is 297 g/mol. The van der Waals surface area contributed by atoms with Gasteiger partial charge >= 0.3 is 12.0 Å². The fourth-order valence-electron chi connectivity index (χ4n) is 3.19. The Hall–Kier alpha value is -1.30. The van der Waals surface area contributed by atoms with Crippen LogP contribution < -0.4 is 10.6 Å². The zero-order valence-corrected chi connectivity index (χ0v) is 12.9. The van der Waals surface area contributed by atoms with Crippen LogP contribution in [0, 0.1) is 11.3 Å². The van der Waals surface area contributed by atoms with Crippen LogP contribution in [0.2, 0.25) is 0 Å². The zero-order valence-electron chi connectivity index (χ0n) is 12.9. The largest absolute Gasteiger partial charge is 0.481 e. The molecule has 0 atom stereocenters. The summed E-state index contributed by atoms with van der Waals surface area (Å²) in [5.41, 5.74) is -0.772. The number of carboxylic acid groups (broad SMARTS) is 1. The van der Waals surface area contributed by atoms with Crippen LogP contribution in [0.5, 0.6) is 0 Å². The highest BCUT2D eigenvalue weighted by Gasteiger charge is 2.41. The molecule has 1 saturated heterocycles. The van der Waals surface area contributed by atoms with Crippen LogP contribution in [-0.2, 0) is 4.79 Å². The summed E-state index contributed by atoms with van der Waals surface area (Å²) in [7, 11) is 0. The summed E-state index contributed by atoms with van der Waals surface area (Å²) in [4.78, 5) is 25.6. The lowest BCUT2D eigenvalue weighted by atomic mass is 9.71. The SMILES string of the molecule is CC1CCC(CNC(=O)N2CCCNCC2)(C(=O)O)CC1.